The highest BCUT2D eigenvalue weighted by Gasteiger charge is 2.13. The Morgan fingerprint density at radius 2 is 2.11 bits per heavy atom. The minimum atomic E-state index is -0.322. The van der Waals surface area contributed by atoms with Gasteiger partial charge in [-0.2, -0.15) is 5.10 Å². The molecule has 4 heteroatoms. The van der Waals surface area contributed by atoms with Crippen LogP contribution in [0, 0.1) is 0 Å². The summed E-state index contributed by atoms with van der Waals surface area (Å²) in [6, 6.07) is 9.48. The van der Waals surface area contributed by atoms with Crippen LogP contribution in [0.3, 0.4) is 0 Å². The fourth-order valence-electron chi connectivity index (χ4n) is 1.77. The molecule has 98 valence electrons. The van der Waals surface area contributed by atoms with Gasteiger partial charge >= 0.3 is 5.97 Å². The summed E-state index contributed by atoms with van der Waals surface area (Å²) in [5.41, 5.74) is 2.25. The molecule has 0 saturated carbocycles. The number of esters is 1. The number of rotatable bonds is 4. The topological polar surface area (TPSA) is 44.1 Å². The molecule has 0 aliphatic carbocycles. The van der Waals surface area contributed by atoms with Crippen molar-refractivity contribution in [3.05, 3.63) is 53.9 Å². The molecule has 0 amide bonds. The molecule has 0 atom stereocenters. The number of carbonyl (C=O) groups excluding carboxylic acids is 1. The molecule has 2 aromatic rings. The number of ether oxygens (including phenoxy) is 1. The van der Waals surface area contributed by atoms with Crippen LogP contribution in [0.1, 0.15) is 18.1 Å². The minimum absolute atomic E-state index is 0.322. The lowest BCUT2D eigenvalue weighted by Crippen LogP contribution is -2.06. The van der Waals surface area contributed by atoms with Gasteiger partial charge in [-0.15, -0.1) is 0 Å². The Balaban J connectivity index is 2.40. The van der Waals surface area contributed by atoms with Crippen LogP contribution in [0.15, 0.2) is 42.7 Å². The van der Waals surface area contributed by atoms with Gasteiger partial charge in [-0.25, -0.2) is 4.79 Å². The first-order valence-electron chi connectivity index (χ1n) is 6.13. The van der Waals surface area contributed by atoms with E-state index in [0.717, 1.165) is 11.1 Å². The van der Waals surface area contributed by atoms with Crippen molar-refractivity contribution in [1.82, 2.24) is 9.78 Å². The Kier molecular flexibility index (Phi) is 4.13. The van der Waals surface area contributed by atoms with Gasteiger partial charge < -0.3 is 4.74 Å². The summed E-state index contributed by atoms with van der Waals surface area (Å²) < 4.78 is 6.80. The lowest BCUT2D eigenvalue weighted by molar-refractivity contribution is -0.136. The largest absolute Gasteiger partial charge is 0.462 e. The molecule has 1 aromatic carbocycles. The number of aryl methyl sites for hydroxylation is 1. The number of aromatic nitrogens is 2. The quantitative estimate of drug-likeness (QED) is 0.623. The maximum absolute atomic E-state index is 12.0. The van der Waals surface area contributed by atoms with E-state index in [4.69, 9.17) is 4.74 Å². The van der Waals surface area contributed by atoms with Crippen LogP contribution in [0.2, 0.25) is 0 Å². The van der Waals surface area contributed by atoms with E-state index in [-0.39, 0.29) is 5.97 Å². The van der Waals surface area contributed by atoms with Crippen molar-refractivity contribution in [1.29, 1.82) is 0 Å². The highest BCUT2D eigenvalue weighted by Crippen LogP contribution is 2.19. The van der Waals surface area contributed by atoms with E-state index in [1.807, 2.05) is 43.6 Å². The van der Waals surface area contributed by atoms with Crippen molar-refractivity contribution >= 4 is 17.6 Å². The second-order valence-electron chi connectivity index (χ2n) is 4.09. The number of hydrogen-bond donors (Lipinski definition) is 0. The molecule has 1 heterocycles. The van der Waals surface area contributed by atoms with Gasteiger partial charge in [0.05, 0.1) is 18.4 Å². The lowest BCUT2D eigenvalue weighted by Gasteiger charge is -2.06. The Hall–Kier alpha value is -2.36. The van der Waals surface area contributed by atoms with Crippen molar-refractivity contribution < 1.29 is 9.53 Å². The molecule has 1 aromatic heterocycles. The molecule has 0 radical (unpaired) electrons. The summed E-state index contributed by atoms with van der Waals surface area (Å²) in [7, 11) is 1.84. The van der Waals surface area contributed by atoms with Crippen LogP contribution in [-0.2, 0) is 16.6 Å². The molecule has 4 nitrogen and oxygen atoms in total. The third kappa shape index (κ3) is 3.31. The Morgan fingerprint density at radius 3 is 2.68 bits per heavy atom. The zero-order valence-electron chi connectivity index (χ0n) is 11.0. The smallest absolute Gasteiger partial charge is 0.338 e. The van der Waals surface area contributed by atoms with Crippen LogP contribution < -0.4 is 0 Å². The molecule has 0 aliphatic heterocycles. The molecule has 0 spiro atoms. The Labute approximate surface area is 112 Å². The molecular formula is C15H16N2O2. The summed E-state index contributed by atoms with van der Waals surface area (Å²) in [6.45, 7) is 2.15. The van der Waals surface area contributed by atoms with Gasteiger partial charge in [0.15, 0.2) is 0 Å². The van der Waals surface area contributed by atoms with E-state index in [0.29, 0.717) is 12.2 Å². The fraction of sp³-hybridized carbons (Fsp3) is 0.200. The number of benzene rings is 1. The van der Waals surface area contributed by atoms with E-state index < -0.39 is 0 Å². The van der Waals surface area contributed by atoms with Gasteiger partial charge in [0.25, 0.3) is 0 Å². The number of hydrogen-bond acceptors (Lipinski definition) is 3. The van der Waals surface area contributed by atoms with E-state index in [9.17, 15) is 4.79 Å². The molecule has 2 rings (SSSR count). The zero-order chi connectivity index (χ0) is 13.7. The molecule has 0 N–H and O–H groups in total. The van der Waals surface area contributed by atoms with E-state index >= 15 is 0 Å². The summed E-state index contributed by atoms with van der Waals surface area (Å²) in [4.78, 5) is 12.0. The normalized spacial score (nSPS) is 11.4. The van der Waals surface area contributed by atoms with Crippen LogP contribution >= 0.6 is 0 Å². The lowest BCUT2D eigenvalue weighted by atomic mass is 10.0. The molecule has 19 heavy (non-hydrogen) atoms. The highest BCUT2D eigenvalue weighted by atomic mass is 16.5. The molecule has 0 aliphatic rings. The molecule has 0 bridgehead atoms. The monoisotopic (exact) mass is 256 g/mol. The van der Waals surface area contributed by atoms with Crippen LogP contribution in [-0.4, -0.2) is 22.4 Å². The highest BCUT2D eigenvalue weighted by molar-refractivity contribution is 6.21. The first kappa shape index (κ1) is 13.1. The van der Waals surface area contributed by atoms with E-state index in [1.165, 1.54) is 0 Å². The third-order valence-electron chi connectivity index (χ3n) is 2.62. The molecule has 0 unspecified atom stereocenters. The maximum Gasteiger partial charge on any atom is 0.338 e. The van der Waals surface area contributed by atoms with Gasteiger partial charge in [-0.05, 0) is 18.6 Å². The SMILES string of the molecule is CCOC(=O)C(=Cc1cnn(C)c1)c1ccccc1. The summed E-state index contributed by atoms with van der Waals surface area (Å²) in [5, 5.41) is 4.09. The average molecular weight is 256 g/mol. The van der Waals surface area contributed by atoms with Gasteiger partial charge in [0.1, 0.15) is 0 Å². The van der Waals surface area contributed by atoms with Gasteiger partial charge in [-0.1, -0.05) is 30.3 Å². The zero-order valence-corrected chi connectivity index (χ0v) is 11.0. The summed E-state index contributed by atoms with van der Waals surface area (Å²) in [6.07, 6.45) is 5.35. The van der Waals surface area contributed by atoms with Crippen LogP contribution in [0.4, 0.5) is 0 Å². The standard InChI is InChI=1S/C15H16N2O2/c1-3-19-15(18)14(13-7-5-4-6-8-13)9-12-10-16-17(2)11-12/h4-11H,3H2,1-2H3. The molecular weight excluding hydrogens is 240 g/mol. The second-order valence-corrected chi connectivity index (χ2v) is 4.09. The average Bonchev–Trinajstić information content (AvgIpc) is 2.83. The van der Waals surface area contributed by atoms with Gasteiger partial charge in [0.2, 0.25) is 0 Å². The van der Waals surface area contributed by atoms with Crippen molar-refractivity contribution in [2.75, 3.05) is 6.61 Å². The summed E-state index contributed by atoms with van der Waals surface area (Å²) >= 11 is 0. The number of nitrogens with zero attached hydrogens (tertiary/aromatic N) is 2. The Bertz CT molecular complexity index is 585. The predicted octanol–water partition coefficient (Wildman–Crippen LogP) is 2.52. The van der Waals surface area contributed by atoms with Crippen molar-refractivity contribution in [2.45, 2.75) is 6.92 Å². The third-order valence-corrected chi connectivity index (χ3v) is 2.62. The van der Waals surface area contributed by atoms with Crippen LogP contribution in [0.5, 0.6) is 0 Å². The van der Waals surface area contributed by atoms with Crippen molar-refractivity contribution in [2.24, 2.45) is 7.05 Å². The molecule has 0 saturated heterocycles. The maximum atomic E-state index is 12.0. The van der Waals surface area contributed by atoms with Crippen LogP contribution in [0.25, 0.3) is 11.6 Å². The van der Waals surface area contributed by atoms with E-state index in [2.05, 4.69) is 5.10 Å². The van der Waals surface area contributed by atoms with Crippen molar-refractivity contribution in [3.63, 3.8) is 0 Å². The first-order valence-corrected chi connectivity index (χ1v) is 6.13. The minimum Gasteiger partial charge on any atom is -0.462 e. The summed E-state index contributed by atoms with van der Waals surface area (Å²) in [5.74, 6) is -0.322. The first-order chi connectivity index (χ1) is 9.20. The molecule has 0 fully saturated rings. The second kappa shape index (κ2) is 6.00. The van der Waals surface area contributed by atoms with Gasteiger partial charge in [0, 0.05) is 18.8 Å². The Morgan fingerprint density at radius 1 is 1.37 bits per heavy atom. The number of carbonyl (C=O) groups is 1. The predicted molar refractivity (Wildman–Crippen MR) is 74.2 cm³/mol. The van der Waals surface area contributed by atoms with Gasteiger partial charge in [-0.3, -0.25) is 4.68 Å². The fourth-order valence-corrected chi connectivity index (χ4v) is 1.77. The van der Waals surface area contributed by atoms with Crippen molar-refractivity contribution in [3.8, 4) is 0 Å². The van der Waals surface area contributed by atoms with E-state index in [1.54, 1.807) is 23.9 Å².